The zero-order chi connectivity index (χ0) is 23.7. The quantitative estimate of drug-likeness (QED) is 0.522. The number of benzene rings is 3. The molecule has 2 heterocycles. The van der Waals surface area contributed by atoms with Gasteiger partial charge in [0.15, 0.2) is 0 Å². The first-order chi connectivity index (χ1) is 16.5. The molecule has 2 aliphatic rings. The summed E-state index contributed by atoms with van der Waals surface area (Å²) in [6.45, 7) is 0. The fourth-order valence-corrected chi connectivity index (χ4v) is 3.53. The second-order valence-electron chi connectivity index (χ2n) is 7.36. The van der Waals surface area contributed by atoms with Crippen LogP contribution in [0.25, 0.3) is 0 Å². The fraction of sp³-hybridized carbons (Fsp3) is 0. The van der Waals surface area contributed by atoms with Gasteiger partial charge in [0.2, 0.25) is 0 Å². The second-order valence-corrected chi connectivity index (χ2v) is 7.36. The average Bonchev–Trinajstić information content (AvgIpc) is 3.35. The van der Waals surface area contributed by atoms with E-state index in [9.17, 15) is 19.2 Å². The smallest absolute Gasteiger partial charge is 0.258 e. The number of amides is 4. The molecule has 0 saturated heterocycles. The van der Waals surface area contributed by atoms with Crippen LogP contribution in [0.15, 0.2) is 97.1 Å². The van der Waals surface area contributed by atoms with Crippen LogP contribution in [0.3, 0.4) is 0 Å². The third kappa shape index (κ3) is 4.07. The highest BCUT2D eigenvalue weighted by Gasteiger charge is 2.26. The van der Waals surface area contributed by atoms with E-state index in [1.54, 1.807) is 72.8 Å². The topological polar surface area (TPSA) is 93.2 Å². The van der Waals surface area contributed by atoms with Crippen LogP contribution in [-0.2, 0) is 19.2 Å². The number of rotatable bonds is 6. The minimum absolute atomic E-state index is 0.401. The summed E-state index contributed by atoms with van der Waals surface area (Å²) in [6.07, 6.45) is 4.90. The Morgan fingerprint density at radius 1 is 0.441 bits per heavy atom. The third-order valence-corrected chi connectivity index (χ3v) is 5.07. The van der Waals surface area contributed by atoms with Crippen molar-refractivity contribution in [2.45, 2.75) is 0 Å². The van der Waals surface area contributed by atoms with E-state index in [0.29, 0.717) is 34.4 Å². The van der Waals surface area contributed by atoms with Crippen molar-refractivity contribution in [2.24, 2.45) is 0 Å². The molecule has 0 spiro atoms. The number of carbonyl (C=O) groups is 4. The summed E-state index contributed by atoms with van der Waals surface area (Å²) >= 11 is 0. The molecule has 8 nitrogen and oxygen atoms in total. The third-order valence-electron chi connectivity index (χ3n) is 5.07. The maximum absolute atomic E-state index is 11.9. The standard InChI is InChI=1S/C26H16N2O6/c29-23-11-12-24(30)27(23)17-3-1-5-21(15-17)33-19-7-9-20(10-8-19)34-22-6-2-4-18(16-22)28-25(31)13-14-26(28)32/h1-16H. The summed E-state index contributed by atoms with van der Waals surface area (Å²) in [5, 5.41) is 0. The number of imide groups is 2. The van der Waals surface area contributed by atoms with Crippen LogP contribution in [0.1, 0.15) is 0 Å². The molecule has 0 radical (unpaired) electrons. The molecule has 8 heteroatoms. The van der Waals surface area contributed by atoms with Crippen LogP contribution in [0, 0.1) is 0 Å². The summed E-state index contributed by atoms with van der Waals surface area (Å²) in [6, 6.07) is 20.2. The Kier molecular flexibility index (Phi) is 5.23. The fourth-order valence-electron chi connectivity index (χ4n) is 3.53. The van der Waals surface area contributed by atoms with Crippen LogP contribution in [0.2, 0.25) is 0 Å². The van der Waals surface area contributed by atoms with E-state index in [1.807, 2.05) is 0 Å². The summed E-state index contributed by atoms with van der Waals surface area (Å²) in [7, 11) is 0. The molecule has 0 bridgehead atoms. The first-order valence-corrected chi connectivity index (χ1v) is 10.3. The van der Waals surface area contributed by atoms with E-state index >= 15 is 0 Å². The van der Waals surface area contributed by atoms with Gasteiger partial charge in [0, 0.05) is 36.4 Å². The minimum atomic E-state index is -0.401. The Morgan fingerprint density at radius 3 is 1.15 bits per heavy atom. The molecule has 0 aliphatic carbocycles. The summed E-state index contributed by atoms with van der Waals surface area (Å²) in [4.78, 5) is 49.7. The highest BCUT2D eigenvalue weighted by Crippen LogP contribution is 2.31. The van der Waals surface area contributed by atoms with Gasteiger partial charge in [-0.2, -0.15) is 0 Å². The van der Waals surface area contributed by atoms with E-state index in [4.69, 9.17) is 9.47 Å². The van der Waals surface area contributed by atoms with Crippen molar-refractivity contribution in [2.75, 3.05) is 9.80 Å². The van der Waals surface area contributed by atoms with Crippen molar-refractivity contribution in [3.05, 3.63) is 97.1 Å². The highest BCUT2D eigenvalue weighted by atomic mass is 16.5. The molecule has 2 aliphatic heterocycles. The summed E-state index contributed by atoms with van der Waals surface area (Å²) in [5.41, 5.74) is 0.838. The van der Waals surface area contributed by atoms with Crippen molar-refractivity contribution < 1.29 is 28.7 Å². The Hall–Kier alpha value is -4.98. The van der Waals surface area contributed by atoms with E-state index in [0.717, 1.165) is 9.80 Å². The van der Waals surface area contributed by atoms with Crippen molar-refractivity contribution >= 4 is 35.0 Å². The van der Waals surface area contributed by atoms with Crippen molar-refractivity contribution in [1.82, 2.24) is 0 Å². The molecule has 3 aromatic carbocycles. The van der Waals surface area contributed by atoms with E-state index < -0.39 is 23.6 Å². The minimum Gasteiger partial charge on any atom is -0.457 e. The molecule has 0 atom stereocenters. The van der Waals surface area contributed by atoms with Crippen molar-refractivity contribution in [3.63, 3.8) is 0 Å². The molecule has 4 amide bonds. The number of anilines is 2. The number of ether oxygens (including phenoxy) is 2. The van der Waals surface area contributed by atoms with Crippen LogP contribution in [-0.4, -0.2) is 23.6 Å². The lowest BCUT2D eigenvalue weighted by Gasteiger charge is -2.16. The molecule has 0 fully saturated rings. The van der Waals surface area contributed by atoms with Gasteiger partial charge in [-0.1, -0.05) is 12.1 Å². The normalized spacial score (nSPS) is 14.9. The van der Waals surface area contributed by atoms with Gasteiger partial charge < -0.3 is 9.47 Å². The zero-order valence-electron chi connectivity index (χ0n) is 17.6. The van der Waals surface area contributed by atoms with Gasteiger partial charge in [0.25, 0.3) is 23.6 Å². The van der Waals surface area contributed by atoms with Gasteiger partial charge in [-0.25, -0.2) is 9.80 Å². The first kappa shape index (κ1) is 20.9. The lowest BCUT2D eigenvalue weighted by molar-refractivity contribution is -0.121. The van der Waals surface area contributed by atoms with Gasteiger partial charge in [-0.15, -0.1) is 0 Å². The van der Waals surface area contributed by atoms with Crippen LogP contribution >= 0.6 is 0 Å². The number of hydrogen-bond donors (Lipinski definition) is 0. The maximum atomic E-state index is 11.9. The number of carbonyl (C=O) groups excluding carboxylic acids is 4. The van der Waals surface area contributed by atoms with Crippen LogP contribution < -0.4 is 19.3 Å². The highest BCUT2D eigenvalue weighted by molar-refractivity contribution is 6.28. The number of hydrogen-bond acceptors (Lipinski definition) is 6. The maximum Gasteiger partial charge on any atom is 0.258 e. The summed E-state index contributed by atoms with van der Waals surface area (Å²) in [5.74, 6) is 0.360. The summed E-state index contributed by atoms with van der Waals surface area (Å²) < 4.78 is 11.7. The molecule has 0 aromatic heterocycles. The molecular formula is C26H16N2O6. The van der Waals surface area contributed by atoms with Gasteiger partial charge in [-0.05, 0) is 48.5 Å². The Balaban J connectivity index is 1.27. The van der Waals surface area contributed by atoms with Gasteiger partial charge in [0.05, 0.1) is 11.4 Å². The van der Waals surface area contributed by atoms with Crippen molar-refractivity contribution in [3.8, 4) is 23.0 Å². The molecule has 166 valence electrons. The van der Waals surface area contributed by atoms with Crippen LogP contribution in [0.5, 0.6) is 23.0 Å². The van der Waals surface area contributed by atoms with Gasteiger partial charge in [0.1, 0.15) is 23.0 Å². The largest absolute Gasteiger partial charge is 0.457 e. The van der Waals surface area contributed by atoms with Gasteiger partial charge >= 0.3 is 0 Å². The Labute approximate surface area is 193 Å². The average molecular weight is 452 g/mol. The van der Waals surface area contributed by atoms with E-state index in [2.05, 4.69) is 0 Å². The lowest BCUT2D eigenvalue weighted by atomic mass is 10.2. The molecule has 0 N–H and O–H groups in total. The predicted molar refractivity (Wildman–Crippen MR) is 123 cm³/mol. The predicted octanol–water partition coefficient (Wildman–Crippen LogP) is 4.13. The number of nitrogens with zero attached hydrogens (tertiary/aromatic N) is 2. The first-order valence-electron chi connectivity index (χ1n) is 10.3. The van der Waals surface area contributed by atoms with Gasteiger partial charge in [-0.3, -0.25) is 19.2 Å². The lowest BCUT2D eigenvalue weighted by Crippen LogP contribution is -2.29. The van der Waals surface area contributed by atoms with Crippen molar-refractivity contribution in [1.29, 1.82) is 0 Å². The Bertz CT molecular complexity index is 1250. The molecule has 5 rings (SSSR count). The van der Waals surface area contributed by atoms with Crippen LogP contribution in [0.4, 0.5) is 11.4 Å². The monoisotopic (exact) mass is 452 g/mol. The van der Waals surface area contributed by atoms with E-state index in [1.165, 1.54) is 24.3 Å². The Morgan fingerprint density at radius 2 is 0.794 bits per heavy atom. The SMILES string of the molecule is O=C1C=CC(=O)N1c1cccc(Oc2ccc(Oc3cccc(N4C(=O)C=CC4=O)c3)cc2)c1. The molecule has 3 aromatic rings. The second kappa shape index (κ2) is 8.51. The molecule has 0 unspecified atom stereocenters. The zero-order valence-corrected chi connectivity index (χ0v) is 17.6. The molecular weight excluding hydrogens is 436 g/mol. The van der Waals surface area contributed by atoms with E-state index in [-0.39, 0.29) is 0 Å². The molecule has 0 saturated carbocycles. The molecule has 34 heavy (non-hydrogen) atoms.